The van der Waals surface area contributed by atoms with Crippen molar-refractivity contribution in [3.05, 3.63) is 35.9 Å². The molecule has 2 aliphatic rings. The van der Waals surface area contributed by atoms with E-state index in [9.17, 15) is 20.1 Å². The van der Waals surface area contributed by atoms with Crippen molar-refractivity contribution in [1.29, 1.82) is 10.5 Å². The number of rotatable bonds is 5. The minimum absolute atomic E-state index is 0.0497. The van der Waals surface area contributed by atoms with Gasteiger partial charge in [0.2, 0.25) is 5.91 Å². The van der Waals surface area contributed by atoms with Gasteiger partial charge in [0, 0.05) is 17.6 Å². The van der Waals surface area contributed by atoms with Crippen molar-refractivity contribution in [2.24, 2.45) is 0 Å². The lowest BCUT2D eigenvalue weighted by Crippen LogP contribution is -2.48. The van der Waals surface area contributed by atoms with Crippen molar-refractivity contribution in [2.45, 2.75) is 62.7 Å². The first-order valence-electron chi connectivity index (χ1n) is 9.82. The van der Waals surface area contributed by atoms with Crippen molar-refractivity contribution in [1.82, 2.24) is 15.5 Å². The van der Waals surface area contributed by atoms with Gasteiger partial charge >= 0.3 is 0 Å². The van der Waals surface area contributed by atoms with E-state index in [-0.39, 0.29) is 30.4 Å². The third-order valence-electron chi connectivity index (χ3n) is 5.61. The quantitative estimate of drug-likeness (QED) is 0.810. The summed E-state index contributed by atoms with van der Waals surface area (Å²) < 4.78 is 0. The molecule has 1 aliphatic heterocycles. The zero-order valence-electron chi connectivity index (χ0n) is 15.8. The van der Waals surface area contributed by atoms with Gasteiger partial charge in [-0.2, -0.15) is 10.5 Å². The van der Waals surface area contributed by atoms with Crippen LogP contribution in [0.3, 0.4) is 0 Å². The first-order chi connectivity index (χ1) is 13.6. The van der Waals surface area contributed by atoms with Crippen molar-refractivity contribution in [3.8, 4) is 12.1 Å². The third-order valence-corrected chi connectivity index (χ3v) is 5.61. The molecule has 1 saturated heterocycles. The predicted molar refractivity (Wildman–Crippen MR) is 103 cm³/mol. The van der Waals surface area contributed by atoms with Crippen LogP contribution in [0.2, 0.25) is 0 Å². The molecular weight excluding hydrogens is 354 g/mol. The van der Waals surface area contributed by atoms with Crippen LogP contribution in [0.5, 0.6) is 0 Å². The molecule has 1 saturated carbocycles. The van der Waals surface area contributed by atoms with Gasteiger partial charge in [0.05, 0.1) is 18.7 Å². The second kappa shape index (κ2) is 9.34. The molecule has 3 rings (SSSR count). The number of nitriles is 2. The van der Waals surface area contributed by atoms with Gasteiger partial charge in [-0.25, -0.2) is 0 Å². The Bertz CT molecular complexity index is 752. The summed E-state index contributed by atoms with van der Waals surface area (Å²) in [7, 11) is 0. The molecule has 0 spiro atoms. The number of hydrogen-bond acceptors (Lipinski definition) is 5. The standard InChI is InChI=1S/C21H25N5O2/c22-12-18-10-11-19(13-23)26(18)20(27)14-24-16-6-8-17(9-7-16)25-21(28)15-4-2-1-3-5-15/h1-5,16-19,24H,6-11,14H2,(H,25,28)/t16?,17?,18-,19+. The van der Waals surface area contributed by atoms with Gasteiger partial charge in [0.1, 0.15) is 12.1 Å². The maximum Gasteiger partial charge on any atom is 0.251 e. The summed E-state index contributed by atoms with van der Waals surface area (Å²) in [5.74, 6) is -0.235. The fourth-order valence-corrected chi connectivity index (χ4v) is 4.04. The maximum atomic E-state index is 12.5. The predicted octanol–water partition coefficient (Wildman–Crippen LogP) is 1.72. The highest BCUT2D eigenvalue weighted by Crippen LogP contribution is 2.24. The van der Waals surface area contributed by atoms with Crippen molar-refractivity contribution >= 4 is 11.8 Å². The third kappa shape index (κ3) is 4.68. The summed E-state index contributed by atoms with van der Waals surface area (Å²) in [5.41, 5.74) is 0.665. The van der Waals surface area contributed by atoms with E-state index in [1.807, 2.05) is 18.2 Å². The summed E-state index contributed by atoms with van der Waals surface area (Å²) in [4.78, 5) is 26.2. The molecule has 2 N–H and O–H groups in total. The summed E-state index contributed by atoms with van der Waals surface area (Å²) in [5, 5.41) is 24.7. The van der Waals surface area contributed by atoms with Crippen molar-refractivity contribution in [2.75, 3.05) is 6.54 Å². The monoisotopic (exact) mass is 379 g/mol. The molecule has 146 valence electrons. The van der Waals surface area contributed by atoms with Gasteiger partial charge in [-0.3, -0.25) is 9.59 Å². The van der Waals surface area contributed by atoms with Crippen LogP contribution in [0.15, 0.2) is 30.3 Å². The van der Waals surface area contributed by atoms with Gasteiger partial charge in [-0.1, -0.05) is 18.2 Å². The van der Waals surface area contributed by atoms with E-state index in [0.717, 1.165) is 25.7 Å². The number of carbonyl (C=O) groups excluding carboxylic acids is 2. The average molecular weight is 379 g/mol. The number of benzene rings is 1. The lowest BCUT2D eigenvalue weighted by atomic mass is 9.91. The average Bonchev–Trinajstić information content (AvgIpc) is 3.17. The zero-order chi connectivity index (χ0) is 19.9. The maximum absolute atomic E-state index is 12.5. The first kappa shape index (κ1) is 19.9. The van der Waals surface area contributed by atoms with Crippen LogP contribution >= 0.6 is 0 Å². The Morgan fingerprint density at radius 3 is 2.07 bits per heavy atom. The summed E-state index contributed by atoms with van der Waals surface area (Å²) >= 11 is 0. The molecule has 0 unspecified atom stereocenters. The second-order valence-electron chi connectivity index (χ2n) is 7.44. The number of carbonyl (C=O) groups is 2. The number of likely N-dealkylation sites (tertiary alicyclic amines) is 1. The smallest absolute Gasteiger partial charge is 0.251 e. The second-order valence-corrected chi connectivity index (χ2v) is 7.44. The summed E-state index contributed by atoms with van der Waals surface area (Å²) in [6.07, 6.45) is 4.58. The molecule has 2 atom stereocenters. The molecule has 7 heteroatoms. The van der Waals surface area contributed by atoms with Crippen LogP contribution in [-0.4, -0.2) is 47.4 Å². The van der Waals surface area contributed by atoms with Crippen LogP contribution < -0.4 is 10.6 Å². The minimum atomic E-state index is -0.497. The van der Waals surface area contributed by atoms with Crippen LogP contribution in [0.25, 0.3) is 0 Å². The molecule has 0 radical (unpaired) electrons. The highest BCUT2D eigenvalue weighted by Gasteiger charge is 2.37. The molecule has 1 aliphatic carbocycles. The van der Waals surface area contributed by atoms with Crippen LogP contribution in [0.4, 0.5) is 0 Å². The lowest BCUT2D eigenvalue weighted by molar-refractivity contribution is -0.131. The van der Waals surface area contributed by atoms with E-state index in [0.29, 0.717) is 18.4 Å². The topological polar surface area (TPSA) is 109 Å². The van der Waals surface area contributed by atoms with Gasteiger partial charge in [0.15, 0.2) is 0 Å². The highest BCUT2D eigenvalue weighted by molar-refractivity contribution is 5.94. The number of hydrogen-bond donors (Lipinski definition) is 2. The highest BCUT2D eigenvalue weighted by atomic mass is 16.2. The van der Waals surface area contributed by atoms with E-state index in [2.05, 4.69) is 22.8 Å². The normalized spacial score (nSPS) is 26.9. The molecule has 7 nitrogen and oxygen atoms in total. The molecule has 2 amide bonds. The molecular formula is C21H25N5O2. The summed E-state index contributed by atoms with van der Waals surface area (Å²) in [6, 6.07) is 12.8. The molecule has 0 aromatic heterocycles. The Balaban J connectivity index is 1.42. The Morgan fingerprint density at radius 1 is 0.929 bits per heavy atom. The fourth-order valence-electron chi connectivity index (χ4n) is 4.04. The van der Waals surface area contributed by atoms with Gasteiger partial charge in [0.25, 0.3) is 5.91 Å². The van der Waals surface area contributed by atoms with Crippen LogP contribution in [0.1, 0.15) is 48.9 Å². The van der Waals surface area contributed by atoms with Crippen molar-refractivity contribution in [3.63, 3.8) is 0 Å². The van der Waals surface area contributed by atoms with E-state index < -0.39 is 12.1 Å². The van der Waals surface area contributed by atoms with Gasteiger partial charge in [-0.15, -0.1) is 0 Å². The van der Waals surface area contributed by atoms with E-state index in [4.69, 9.17) is 0 Å². The Labute approximate surface area is 165 Å². The number of amides is 2. The van der Waals surface area contributed by atoms with Crippen molar-refractivity contribution < 1.29 is 9.59 Å². The number of nitrogens with one attached hydrogen (secondary N) is 2. The van der Waals surface area contributed by atoms with E-state index in [1.165, 1.54) is 4.90 Å². The lowest BCUT2D eigenvalue weighted by Gasteiger charge is -2.30. The Kier molecular flexibility index (Phi) is 6.62. The molecule has 1 heterocycles. The molecule has 0 bridgehead atoms. The first-order valence-corrected chi connectivity index (χ1v) is 9.82. The Morgan fingerprint density at radius 2 is 1.50 bits per heavy atom. The Hall–Kier alpha value is -2.90. The van der Waals surface area contributed by atoms with Gasteiger partial charge in [-0.05, 0) is 50.7 Å². The molecule has 1 aromatic rings. The van der Waals surface area contributed by atoms with Crippen LogP contribution in [-0.2, 0) is 4.79 Å². The molecule has 1 aromatic carbocycles. The molecule has 2 fully saturated rings. The zero-order valence-corrected chi connectivity index (χ0v) is 15.8. The fraction of sp³-hybridized carbons (Fsp3) is 0.524. The minimum Gasteiger partial charge on any atom is -0.349 e. The summed E-state index contributed by atoms with van der Waals surface area (Å²) in [6.45, 7) is 0.141. The van der Waals surface area contributed by atoms with Gasteiger partial charge < -0.3 is 15.5 Å². The van der Waals surface area contributed by atoms with E-state index in [1.54, 1.807) is 12.1 Å². The largest absolute Gasteiger partial charge is 0.349 e. The SMILES string of the molecule is N#C[C@@H]1CC[C@H](C#N)N1C(=O)CNC1CCC(NC(=O)c2ccccc2)CC1. The van der Waals surface area contributed by atoms with E-state index >= 15 is 0 Å². The van der Waals surface area contributed by atoms with Crippen LogP contribution in [0, 0.1) is 22.7 Å². The molecule has 28 heavy (non-hydrogen) atoms. The number of nitrogens with zero attached hydrogens (tertiary/aromatic N) is 3.